The van der Waals surface area contributed by atoms with Crippen LogP contribution in [0.15, 0.2) is 5.11 Å². The molecule has 0 aromatic carbocycles. The molecule has 0 aromatic heterocycles. The van der Waals surface area contributed by atoms with E-state index in [0.717, 1.165) is 38.8 Å². The Morgan fingerprint density at radius 1 is 1.29 bits per heavy atom. The van der Waals surface area contributed by atoms with Crippen LogP contribution in [-0.4, -0.2) is 32.2 Å². The second kappa shape index (κ2) is 12.8. The normalized spacial score (nSPS) is 9.71. The number of hydrogen-bond donors (Lipinski definition) is 1. The molecule has 0 saturated heterocycles. The van der Waals surface area contributed by atoms with Crippen molar-refractivity contribution in [1.82, 2.24) is 5.32 Å². The summed E-state index contributed by atoms with van der Waals surface area (Å²) in [5.74, 6) is -0.102. The minimum atomic E-state index is -0.102. The third-order valence-electron chi connectivity index (χ3n) is 2.21. The molecule has 17 heavy (non-hydrogen) atoms. The number of esters is 1. The molecule has 0 aromatic rings. The van der Waals surface area contributed by atoms with Gasteiger partial charge in [0.15, 0.2) is 0 Å². The van der Waals surface area contributed by atoms with Crippen molar-refractivity contribution in [2.24, 2.45) is 5.11 Å². The number of rotatable bonds is 11. The van der Waals surface area contributed by atoms with Gasteiger partial charge < -0.3 is 10.1 Å². The Labute approximate surface area is 102 Å². The summed E-state index contributed by atoms with van der Waals surface area (Å²) >= 11 is 0. The van der Waals surface area contributed by atoms with Crippen LogP contribution in [0.5, 0.6) is 0 Å². The zero-order chi connectivity index (χ0) is 12.8. The highest BCUT2D eigenvalue weighted by molar-refractivity contribution is 5.69. The highest BCUT2D eigenvalue weighted by Crippen LogP contribution is 2.00. The summed E-state index contributed by atoms with van der Waals surface area (Å²) in [6.45, 7) is 4.64. The Balaban J connectivity index is 3.08. The Morgan fingerprint density at radius 3 is 2.76 bits per heavy atom. The van der Waals surface area contributed by atoms with E-state index in [-0.39, 0.29) is 5.97 Å². The zero-order valence-corrected chi connectivity index (χ0v) is 10.5. The average Bonchev–Trinajstić information content (AvgIpc) is 2.32. The molecule has 1 N–H and O–H groups in total. The minimum Gasteiger partial charge on any atom is -0.466 e. The van der Waals surface area contributed by atoms with Crippen molar-refractivity contribution in [1.29, 1.82) is 0 Å². The van der Waals surface area contributed by atoms with Crippen LogP contribution in [0.3, 0.4) is 0 Å². The third kappa shape index (κ3) is 12.7. The first-order valence-electron chi connectivity index (χ1n) is 6.18. The van der Waals surface area contributed by atoms with Gasteiger partial charge in [-0.2, -0.15) is 0 Å². The fourth-order valence-corrected chi connectivity index (χ4v) is 1.37. The average molecular weight is 242 g/mol. The molecule has 0 heterocycles. The molecular formula is C11H22N4O2. The van der Waals surface area contributed by atoms with Crippen molar-refractivity contribution in [3.63, 3.8) is 0 Å². The van der Waals surface area contributed by atoms with E-state index in [1.54, 1.807) is 0 Å². The fourth-order valence-electron chi connectivity index (χ4n) is 1.37. The van der Waals surface area contributed by atoms with Gasteiger partial charge in [-0.1, -0.05) is 11.5 Å². The molecule has 0 radical (unpaired) electrons. The molecule has 0 aliphatic rings. The van der Waals surface area contributed by atoms with Crippen molar-refractivity contribution >= 4 is 5.97 Å². The van der Waals surface area contributed by atoms with Gasteiger partial charge in [0.05, 0.1) is 6.61 Å². The highest BCUT2D eigenvalue weighted by atomic mass is 16.5. The van der Waals surface area contributed by atoms with Gasteiger partial charge in [0.1, 0.15) is 0 Å². The van der Waals surface area contributed by atoms with Crippen LogP contribution >= 0.6 is 0 Å². The summed E-state index contributed by atoms with van der Waals surface area (Å²) in [6.07, 6.45) is 4.36. The lowest BCUT2D eigenvalue weighted by Crippen LogP contribution is -2.17. The molecule has 0 aliphatic carbocycles. The molecule has 6 heteroatoms. The smallest absolute Gasteiger partial charge is 0.305 e. The molecule has 0 saturated carbocycles. The molecule has 0 bridgehead atoms. The van der Waals surface area contributed by atoms with Crippen LogP contribution in [0.1, 0.15) is 39.0 Å². The highest BCUT2D eigenvalue weighted by Gasteiger charge is 2.00. The summed E-state index contributed by atoms with van der Waals surface area (Å²) in [5, 5.41) is 6.70. The van der Waals surface area contributed by atoms with Crippen molar-refractivity contribution in [3.05, 3.63) is 10.4 Å². The molecule has 98 valence electrons. The number of carbonyl (C=O) groups is 1. The van der Waals surface area contributed by atoms with Crippen LogP contribution in [-0.2, 0) is 9.53 Å². The summed E-state index contributed by atoms with van der Waals surface area (Å²) in [5.41, 5.74) is 8.05. The maximum atomic E-state index is 11.0. The number of unbranched alkanes of at least 4 members (excludes halogenated alkanes) is 2. The summed E-state index contributed by atoms with van der Waals surface area (Å²) in [7, 11) is 0. The first-order chi connectivity index (χ1) is 8.31. The third-order valence-corrected chi connectivity index (χ3v) is 2.21. The number of nitrogens with zero attached hydrogens (tertiary/aromatic N) is 3. The van der Waals surface area contributed by atoms with E-state index in [4.69, 9.17) is 10.3 Å². The lowest BCUT2D eigenvalue weighted by Gasteiger charge is -2.03. The molecule has 0 fully saturated rings. The van der Waals surface area contributed by atoms with Crippen molar-refractivity contribution in [2.45, 2.75) is 39.0 Å². The Hall–Kier alpha value is -1.26. The van der Waals surface area contributed by atoms with Crippen molar-refractivity contribution in [2.75, 3.05) is 26.2 Å². The van der Waals surface area contributed by atoms with Gasteiger partial charge in [-0.15, -0.1) is 0 Å². The summed E-state index contributed by atoms with van der Waals surface area (Å²) in [6, 6.07) is 0. The lowest BCUT2D eigenvalue weighted by atomic mass is 10.2. The maximum Gasteiger partial charge on any atom is 0.305 e. The molecular weight excluding hydrogens is 220 g/mol. The molecule has 0 atom stereocenters. The van der Waals surface area contributed by atoms with E-state index < -0.39 is 0 Å². The number of carbonyl (C=O) groups excluding carboxylic acids is 1. The zero-order valence-electron chi connectivity index (χ0n) is 10.5. The molecule has 0 aliphatic heterocycles. The summed E-state index contributed by atoms with van der Waals surface area (Å²) < 4.78 is 4.83. The van der Waals surface area contributed by atoms with E-state index >= 15 is 0 Å². The van der Waals surface area contributed by atoms with Gasteiger partial charge >= 0.3 is 5.97 Å². The van der Waals surface area contributed by atoms with Crippen molar-refractivity contribution in [3.8, 4) is 0 Å². The van der Waals surface area contributed by atoms with E-state index in [9.17, 15) is 4.79 Å². The Bertz CT molecular complexity index is 240. The van der Waals surface area contributed by atoms with Gasteiger partial charge in [0, 0.05) is 17.9 Å². The van der Waals surface area contributed by atoms with E-state index in [1.165, 1.54) is 0 Å². The molecule has 0 amide bonds. The van der Waals surface area contributed by atoms with Crippen LogP contribution < -0.4 is 5.32 Å². The minimum absolute atomic E-state index is 0.102. The monoisotopic (exact) mass is 242 g/mol. The maximum absolute atomic E-state index is 11.0. The predicted molar refractivity (Wildman–Crippen MR) is 66.6 cm³/mol. The topological polar surface area (TPSA) is 87.1 Å². The largest absolute Gasteiger partial charge is 0.466 e. The Kier molecular flexibility index (Phi) is 11.9. The van der Waals surface area contributed by atoms with Gasteiger partial charge in [-0.25, -0.2) is 0 Å². The second-order valence-corrected chi connectivity index (χ2v) is 3.67. The Morgan fingerprint density at radius 2 is 2.06 bits per heavy atom. The van der Waals surface area contributed by atoms with Gasteiger partial charge in [0.2, 0.25) is 0 Å². The number of azide groups is 1. The molecule has 0 rings (SSSR count). The van der Waals surface area contributed by atoms with Crippen LogP contribution in [0, 0.1) is 0 Å². The van der Waals surface area contributed by atoms with E-state index in [0.29, 0.717) is 19.6 Å². The standard InChI is InChI=1S/C11H22N4O2/c1-2-17-11(16)7-4-3-5-8-13-9-6-10-14-15-12/h13H,2-10H2,1H3. The molecule has 0 spiro atoms. The van der Waals surface area contributed by atoms with E-state index in [2.05, 4.69) is 15.3 Å². The van der Waals surface area contributed by atoms with Gasteiger partial charge in [-0.05, 0) is 44.8 Å². The SMILES string of the molecule is CCOC(=O)CCCCCNCCCN=[N+]=[N-]. The summed E-state index contributed by atoms with van der Waals surface area (Å²) in [4.78, 5) is 13.7. The van der Waals surface area contributed by atoms with Crippen LogP contribution in [0.4, 0.5) is 0 Å². The van der Waals surface area contributed by atoms with Crippen LogP contribution in [0.2, 0.25) is 0 Å². The fraction of sp³-hybridized carbons (Fsp3) is 0.909. The molecule has 6 nitrogen and oxygen atoms in total. The van der Waals surface area contributed by atoms with E-state index in [1.807, 2.05) is 6.92 Å². The quantitative estimate of drug-likeness (QED) is 0.198. The molecule has 0 unspecified atom stereocenters. The first-order valence-corrected chi connectivity index (χ1v) is 6.18. The van der Waals surface area contributed by atoms with Gasteiger partial charge in [-0.3, -0.25) is 4.79 Å². The number of nitrogens with one attached hydrogen (secondary N) is 1. The number of hydrogen-bond acceptors (Lipinski definition) is 4. The van der Waals surface area contributed by atoms with Crippen molar-refractivity contribution < 1.29 is 9.53 Å². The first kappa shape index (κ1) is 15.7. The van der Waals surface area contributed by atoms with Gasteiger partial charge in [0.25, 0.3) is 0 Å². The number of ether oxygens (including phenoxy) is 1. The second-order valence-electron chi connectivity index (χ2n) is 3.67. The lowest BCUT2D eigenvalue weighted by molar-refractivity contribution is -0.143. The van der Waals surface area contributed by atoms with Crippen LogP contribution in [0.25, 0.3) is 10.4 Å². The predicted octanol–water partition coefficient (Wildman–Crippen LogP) is 2.40.